The summed E-state index contributed by atoms with van der Waals surface area (Å²) in [5.74, 6) is 0.0974. The zero-order chi connectivity index (χ0) is 17.2. The van der Waals surface area contributed by atoms with E-state index in [1.54, 1.807) is 0 Å². The fourth-order valence-corrected chi connectivity index (χ4v) is 3.99. The van der Waals surface area contributed by atoms with Crippen LogP contribution in [-0.2, 0) is 19.6 Å². The van der Waals surface area contributed by atoms with Crippen molar-refractivity contribution in [2.24, 2.45) is 0 Å². The van der Waals surface area contributed by atoms with Crippen LogP contribution >= 0.6 is 0 Å². The number of carbonyl (C=O) groups excluding carboxylic acids is 1. The van der Waals surface area contributed by atoms with E-state index < -0.39 is 0 Å². The molecule has 1 aromatic carbocycles. The predicted molar refractivity (Wildman–Crippen MR) is 97.1 cm³/mol. The third-order valence-electron chi connectivity index (χ3n) is 5.38. The summed E-state index contributed by atoms with van der Waals surface area (Å²) in [6.45, 7) is 6.74. The summed E-state index contributed by atoms with van der Waals surface area (Å²) in [5.41, 5.74) is 3.10. The van der Waals surface area contributed by atoms with E-state index >= 15 is 0 Å². The average Bonchev–Trinajstić information content (AvgIpc) is 3.17. The quantitative estimate of drug-likeness (QED) is 0.864. The maximum absolute atomic E-state index is 12.8. The maximum atomic E-state index is 12.8. The molecule has 132 valence electrons. The van der Waals surface area contributed by atoms with Gasteiger partial charge in [-0.15, -0.1) is 0 Å². The first-order valence-corrected chi connectivity index (χ1v) is 9.35. The number of hydrogen-bond acceptors (Lipinski definition) is 3. The van der Waals surface area contributed by atoms with Crippen LogP contribution in [0.3, 0.4) is 0 Å². The van der Waals surface area contributed by atoms with Gasteiger partial charge in [-0.2, -0.15) is 5.10 Å². The lowest BCUT2D eigenvalue weighted by Crippen LogP contribution is -2.34. The average molecular weight is 338 g/mol. The van der Waals surface area contributed by atoms with Gasteiger partial charge in [0.05, 0.1) is 5.69 Å². The van der Waals surface area contributed by atoms with Crippen LogP contribution < -0.4 is 0 Å². The minimum Gasteiger partial charge on any atom is -0.335 e. The molecule has 1 aromatic heterocycles. The Morgan fingerprint density at radius 3 is 2.76 bits per heavy atom. The van der Waals surface area contributed by atoms with Gasteiger partial charge >= 0.3 is 0 Å². The first-order chi connectivity index (χ1) is 12.2. The molecule has 1 saturated heterocycles. The normalized spacial score (nSPS) is 21.2. The molecule has 2 aliphatic heterocycles. The molecule has 5 heteroatoms. The number of fused-ring (bicyclic) bond motifs is 1. The number of hydrogen-bond donors (Lipinski definition) is 0. The lowest BCUT2D eigenvalue weighted by Gasteiger charge is -2.20. The Labute approximate surface area is 149 Å². The highest BCUT2D eigenvalue weighted by molar-refractivity contribution is 5.92. The molecule has 2 aromatic rings. The SMILES string of the molecule is C[C@@H]1CCCN1C(=O)c1cc2n(n1)CCCN(Cc1ccccc1)C2. The fraction of sp³-hybridized carbons (Fsp3) is 0.500. The van der Waals surface area contributed by atoms with Crippen LogP contribution in [0.25, 0.3) is 0 Å². The van der Waals surface area contributed by atoms with Crippen molar-refractivity contribution in [2.45, 2.75) is 51.9 Å². The van der Waals surface area contributed by atoms with Gasteiger partial charge in [0.15, 0.2) is 5.69 Å². The highest BCUT2D eigenvalue weighted by atomic mass is 16.2. The van der Waals surface area contributed by atoms with E-state index in [-0.39, 0.29) is 5.91 Å². The van der Waals surface area contributed by atoms with Gasteiger partial charge < -0.3 is 4.90 Å². The Kier molecular flexibility index (Phi) is 4.57. The van der Waals surface area contributed by atoms with Crippen LogP contribution in [0, 0.1) is 0 Å². The van der Waals surface area contributed by atoms with Crippen LogP contribution in [-0.4, -0.2) is 44.6 Å². The summed E-state index contributed by atoms with van der Waals surface area (Å²) < 4.78 is 2.04. The molecule has 0 N–H and O–H groups in total. The molecule has 0 aliphatic carbocycles. The highest BCUT2D eigenvalue weighted by Gasteiger charge is 2.28. The third-order valence-corrected chi connectivity index (χ3v) is 5.38. The van der Waals surface area contributed by atoms with Crippen molar-refractivity contribution in [3.8, 4) is 0 Å². The highest BCUT2D eigenvalue weighted by Crippen LogP contribution is 2.21. The fourth-order valence-electron chi connectivity index (χ4n) is 3.99. The molecule has 0 bridgehead atoms. The Bertz CT molecular complexity index is 739. The number of benzene rings is 1. The molecular formula is C20H26N4O. The van der Waals surface area contributed by atoms with Crippen molar-refractivity contribution < 1.29 is 4.79 Å². The maximum Gasteiger partial charge on any atom is 0.274 e. The van der Waals surface area contributed by atoms with E-state index in [9.17, 15) is 4.79 Å². The zero-order valence-corrected chi connectivity index (χ0v) is 14.9. The minimum atomic E-state index is 0.0974. The van der Waals surface area contributed by atoms with E-state index in [0.717, 1.165) is 57.7 Å². The van der Waals surface area contributed by atoms with E-state index in [1.807, 2.05) is 15.6 Å². The summed E-state index contributed by atoms with van der Waals surface area (Å²) >= 11 is 0. The number of nitrogens with zero attached hydrogens (tertiary/aromatic N) is 4. The zero-order valence-electron chi connectivity index (χ0n) is 14.9. The van der Waals surface area contributed by atoms with Crippen LogP contribution in [0.4, 0.5) is 0 Å². The molecule has 0 spiro atoms. The Balaban J connectivity index is 1.50. The second-order valence-electron chi connectivity index (χ2n) is 7.28. The lowest BCUT2D eigenvalue weighted by molar-refractivity contribution is 0.0740. The van der Waals surface area contributed by atoms with Gasteiger partial charge in [-0.05, 0) is 37.8 Å². The molecule has 25 heavy (non-hydrogen) atoms. The van der Waals surface area contributed by atoms with Crippen LogP contribution in [0.1, 0.15) is 47.9 Å². The monoisotopic (exact) mass is 338 g/mol. The molecule has 0 radical (unpaired) electrons. The van der Waals surface area contributed by atoms with Crippen molar-refractivity contribution in [3.63, 3.8) is 0 Å². The van der Waals surface area contributed by atoms with Crippen LogP contribution in [0.15, 0.2) is 36.4 Å². The summed E-state index contributed by atoms with van der Waals surface area (Å²) in [7, 11) is 0. The van der Waals surface area contributed by atoms with Gasteiger partial charge in [-0.3, -0.25) is 14.4 Å². The smallest absolute Gasteiger partial charge is 0.274 e. The molecule has 0 unspecified atom stereocenters. The summed E-state index contributed by atoms with van der Waals surface area (Å²) in [4.78, 5) is 17.2. The second kappa shape index (κ2) is 7.00. The van der Waals surface area contributed by atoms with E-state index in [4.69, 9.17) is 0 Å². The topological polar surface area (TPSA) is 41.4 Å². The number of likely N-dealkylation sites (tertiary alicyclic amines) is 1. The number of amides is 1. The first-order valence-electron chi connectivity index (χ1n) is 9.35. The van der Waals surface area contributed by atoms with Gasteiger partial charge in [-0.1, -0.05) is 30.3 Å². The van der Waals surface area contributed by atoms with Crippen LogP contribution in [0.2, 0.25) is 0 Å². The van der Waals surface area contributed by atoms with E-state index in [1.165, 1.54) is 5.56 Å². The Hall–Kier alpha value is -2.14. The van der Waals surface area contributed by atoms with Gasteiger partial charge in [0.2, 0.25) is 0 Å². The standard InChI is InChI=1S/C20H26N4O/c1-16-7-5-11-23(16)20(25)19-13-18-15-22(10-6-12-24(18)21-19)14-17-8-3-2-4-9-17/h2-4,8-9,13,16H,5-7,10-12,14-15H2,1H3/t16-/m1/s1. The van der Waals surface area contributed by atoms with E-state index in [2.05, 4.69) is 47.3 Å². The lowest BCUT2D eigenvalue weighted by atomic mass is 10.2. The van der Waals surface area contributed by atoms with Crippen molar-refractivity contribution >= 4 is 5.91 Å². The van der Waals surface area contributed by atoms with E-state index in [0.29, 0.717) is 11.7 Å². The van der Waals surface area contributed by atoms with Gasteiger partial charge in [0, 0.05) is 38.8 Å². The van der Waals surface area contributed by atoms with Crippen molar-refractivity contribution in [2.75, 3.05) is 13.1 Å². The number of carbonyl (C=O) groups is 1. The molecule has 1 amide bonds. The van der Waals surface area contributed by atoms with Crippen LogP contribution in [0.5, 0.6) is 0 Å². The first kappa shape index (κ1) is 16.3. The summed E-state index contributed by atoms with van der Waals surface area (Å²) in [6.07, 6.45) is 3.27. The summed E-state index contributed by atoms with van der Waals surface area (Å²) in [5, 5.41) is 4.63. The van der Waals surface area contributed by atoms with Crippen molar-refractivity contribution in [1.29, 1.82) is 0 Å². The number of aryl methyl sites for hydroxylation is 1. The Morgan fingerprint density at radius 1 is 1.16 bits per heavy atom. The molecule has 3 heterocycles. The minimum absolute atomic E-state index is 0.0974. The van der Waals surface area contributed by atoms with Gasteiger partial charge in [0.25, 0.3) is 5.91 Å². The molecule has 1 fully saturated rings. The molecule has 5 nitrogen and oxygen atoms in total. The van der Waals surface area contributed by atoms with Gasteiger partial charge in [-0.25, -0.2) is 0 Å². The second-order valence-corrected chi connectivity index (χ2v) is 7.28. The molecule has 1 atom stereocenters. The summed E-state index contributed by atoms with van der Waals surface area (Å²) in [6, 6.07) is 12.9. The Morgan fingerprint density at radius 2 is 2.00 bits per heavy atom. The van der Waals surface area contributed by atoms with Crippen molar-refractivity contribution in [1.82, 2.24) is 19.6 Å². The number of rotatable bonds is 3. The molecule has 4 rings (SSSR count). The third kappa shape index (κ3) is 3.47. The van der Waals surface area contributed by atoms with Crippen molar-refractivity contribution in [3.05, 3.63) is 53.3 Å². The molecule has 2 aliphatic rings. The predicted octanol–water partition coefficient (Wildman–Crippen LogP) is 2.91. The molecular weight excluding hydrogens is 312 g/mol. The number of aromatic nitrogens is 2. The largest absolute Gasteiger partial charge is 0.335 e. The van der Waals surface area contributed by atoms with Gasteiger partial charge in [0.1, 0.15) is 0 Å². The molecule has 0 saturated carbocycles.